The Balaban J connectivity index is 1.41. The molecule has 27 heavy (non-hydrogen) atoms. The topological polar surface area (TPSA) is 75.3 Å². The molecule has 0 atom stereocenters. The van der Waals surface area contributed by atoms with Gasteiger partial charge in [-0.15, -0.1) is 10.2 Å². The summed E-state index contributed by atoms with van der Waals surface area (Å²) >= 11 is 1.73. The minimum absolute atomic E-state index is 0.842. The van der Waals surface area contributed by atoms with Gasteiger partial charge in [-0.3, -0.25) is 9.38 Å². The standard InChI is InChI=1S/C18H20N8S/c1-2-15-22-23-17-16(20-6-9-26(15)17)24-7-3-8-25(11-10-24)18-21-13-12-19-5-4-14(13)27-18/h4-6,9,12H,2-3,7-8,10-11H2,1H3. The summed E-state index contributed by atoms with van der Waals surface area (Å²) in [6, 6.07) is 2.03. The molecule has 0 radical (unpaired) electrons. The highest BCUT2D eigenvalue weighted by molar-refractivity contribution is 7.22. The van der Waals surface area contributed by atoms with Crippen LogP contribution in [0.5, 0.6) is 0 Å². The molecule has 5 heterocycles. The van der Waals surface area contributed by atoms with Crippen LogP contribution >= 0.6 is 11.3 Å². The normalized spacial score (nSPS) is 15.6. The van der Waals surface area contributed by atoms with Gasteiger partial charge in [-0.25, -0.2) is 9.97 Å². The fourth-order valence-electron chi connectivity index (χ4n) is 3.55. The predicted octanol–water partition coefficient (Wildman–Crippen LogP) is 2.41. The van der Waals surface area contributed by atoms with Crippen molar-refractivity contribution < 1.29 is 0 Å². The second-order valence-electron chi connectivity index (χ2n) is 6.58. The van der Waals surface area contributed by atoms with Gasteiger partial charge in [0.2, 0.25) is 5.65 Å². The minimum atomic E-state index is 0.842. The molecule has 1 fully saturated rings. The molecule has 1 saturated heterocycles. The Morgan fingerprint density at radius 3 is 2.85 bits per heavy atom. The van der Waals surface area contributed by atoms with Gasteiger partial charge in [0.15, 0.2) is 10.9 Å². The average Bonchev–Trinajstić information content (AvgIpc) is 3.24. The summed E-state index contributed by atoms with van der Waals surface area (Å²) in [6.45, 7) is 5.82. The number of aromatic nitrogens is 6. The van der Waals surface area contributed by atoms with E-state index in [2.05, 4.69) is 36.9 Å². The van der Waals surface area contributed by atoms with Crippen LogP contribution in [0.15, 0.2) is 30.9 Å². The summed E-state index contributed by atoms with van der Waals surface area (Å²) in [6.07, 6.45) is 9.34. The van der Waals surface area contributed by atoms with Crippen LogP contribution in [0.25, 0.3) is 15.9 Å². The Morgan fingerprint density at radius 2 is 1.96 bits per heavy atom. The molecule has 0 aliphatic carbocycles. The lowest BCUT2D eigenvalue weighted by Crippen LogP contribution is -2.31. The van der Waals surface area contributed by atoms with Gasteiger partial charge in [-0.1, -0.05) is 18.3 Å². The monoisotopic (exact) mass is 380 g/mol. The van der Waals surface area contributed by atoms with Gasteiger partial charge in [-0.05, 0) is 12.5 Å². The second kappa shape index (κ2) is 6.73. The molecule has 5 rings (SSSR count). The first-order chi connectivity index (χ1) is 13.3. The smallest absolute Gasteiger partial charge is 0.203 e. The van der Waals surface area contributed by atoms with Crippen LogP contribution in [0.3, 0.4) is 0 Å². The van der Waals surface area contributed by atoms with Crippen molar-refractivity contribution in [2.45, 2.75) is 19.8 Å². The van der Waals surface area contributed by atoms with E-state index in [1.807, 2.05) is 35.3 Å². The molecular formula is C18H20N8S. The predicted molar refractivity (Wildman–Crippen MR) is 107 cm³/mol. The molecule has 0 amide bonds. The highest BCUT2D eigenvalue weighted by Crippen LogP contribution is 2.29. The maximum absolute atomic E-state index is 4.76. The number of hydrogen-bond acceptors (Lipinski definition) is 8. The summed E-state index contributed by atoms with van der Waals surface area (Å²) in [5, 5.41) is 9.75. The van der Waals surface area contributed by atoms with E-state index in [1.54, 1.807) is 11.3 Å². The lowest BCUT2D eigenvalue weighted by atomic mass is 10.4. The molecule has 8 nitrogen and oxygen atoms in total. The van der Waals surface area contributed by atoms with Crippen molar-refractivity contribution in [2.24, 2.45) is 0 Å². The summed E-state index contributed by atoms with van der Waals surface area (Å²) in [5.41, 5.74) is 1.81. The molecule has 9 heteroatoms. The second-order valence-corrected chi connectivity index (χ2v) is 7.59. The number of nitrogens with zero attached hydrogens (tertiary/aromatic N) is 8. The van der Waals surface area contributed by atoms with E-state index in [4.69, 9.17) is 4.98 Å². The highest BCUT2D eigenvalue weighted by atomic mass is 32.1. The largest absolute Gasteiger partial charge is 0.352 e. The molecule has 0 N–H and O–H groups in total. The zero-order valence-corrected chi connectivity index (χ0v) is 15.9. The van der Waals surface area contributed by atoms with Crippen LogP contribution in [0, 0.1) is 0 Å². The Kier molecular flexibility index (Phi) is 4.08. The highest BCUT2D eigenvalue weighted by Gasteiger charge is 2.21. The van der Waals surface area contributed by atoms with E-state index >= 15 is 0 Å². The number of anilines is 2. The minimum Gasteiger partial charge on any atom is -0.352 e. The number of rotatable bonds is 3. The number of fused-ring (bicyclic) bond motifs is 2. The molecule has 1 aliphatic heterocycles. The van der Waals surface area contributed by atoms with Crippen molar-refractivity contribution in [3.05, 3.63) is 36.7 Å². The lowest BCUT2D eigenvalue weighted by molar-refractivity contribution is 0.795. The number of aryl methyl sites for hydroxylation is 1. The number of thiazole rings is 1. The summed E-state index contributed by atoms with van der Waals surface area (Å²) in [7, 11) is 0. The van der Waals surface area contributed by atoms with Crippen molar-refractivity contribution in [3.8, 4) is 0 Å². The Bertz CT molecular complexity index is 1050. The summed E-state index contributed by atoms with van der Waals surface area (Å²) < 4.78 is 3.23. The van der Waals surface area contributed by atoms with Crippen molar-refractivity contribution in [1.82, 2.24) is 29.5 Å². The first-order valence-corrected chi connectivity index (χ1v) is 10.0. The van der Waals surface area contributed by atoms with Gasteiger partial charge in [0, 0.05) is 51.2 Å². The van der Waals surface area contributed by atoms with Gasteiger partial charge in [0.1, 0.15) is 11.3 Å². The SMILES string of the molecule is CCc1nnc2c(N3CCCN(c4nc5cnccc5s4)CC3)nccn12. The molecule has 4 aromatic heterocycles. The van der Waals surface area contributed by atoms with Crippen LogP contribution in [0.1, 0.15) is 19.2 Å². The van der Waals surface area contributed by atoms with Gasteiger partial charge in [0.05, 0.1) is 10.9 Å². The van der Waals surface area contributed by atoms with Gasteiger partial charge in [-0.2, -0.15) is 0 Å². The maximum Gasteiger partial charge on any atom is 0.203 e. The van der Waals surface area contributed by atoms with Crippen LogP contribution in [0.2, 0.25) is 0 Å². The van der Waals surface area contributed by atoms with E-state index in [0.29, 0.717) is 0 Å². The zero-order chi connectivity index (χ0) is 18.2. The van der Waals surface area contributed by atoms with Gasteiger partial charge in [0.25, 0.3) is 0 Å². The Labute approximate surface area is 160 Å². The third kappa shape index (κ3) is 2.87. The van der Waals surface area contributed by atoms with E-state index in [1.165, 1.54) is 4.70 Å². The van der Waals surface area contributed by atoms with Crippen LogP contribution in [-0.2, 0) is 6.42 Å². The van der Waals surface area contributed by atoms with E-state index < -0.39 is 0 Å². The fourth-order valence-corrected chi connectivity index (χ4v) is 4.53. The maximum atomic E-state index is 4.76. The fraction of sp³-hybridized carbons (Fsp3) is 0.389. The quantitative estimate of drug-likeness (QED) is 0.540. The first kappa shape index (κ1) is 16.4. The summed E-state index contributed by atoms with van der Waals surface area (Å²) in [4.78, 5) is 18.2. The molecule has 4 aromatic rings. The first-order valence-electron chi connectivity index (χ1n) is 9.22. The van der Waals surface area contributed by atoms with Crippen molar-refractivity contribution in [3.63, 3.8) is 0 Å². The van der Waals surface area contributed by atoms with Crippen molar-refractivity contribution in [2.75, 3.05) is 36.0 Å². The Morgan fingerprint density at radius 1 is 1.07 bits per heavy atom. The lowest BCUT2D eigenvalue weighted by Gasteiger charge is -2.22. The molecule has 138 valence electrons. The Hall–Kier alpha value is -2.81. The molecule has 0 unspecified atom stereocenters. The zero-order valence-electron chi connectivity index (χ0n) is 15.1. The molecule has 0 bridgehead atoms. The molecule has 0 spiro atoms. The van der Waals surface area contributed by atoms with Crippen molar-refractivity contribution in [1.29, 1.82) is 0 Å². The van der Waals surface area contributed by atoms with E-state index in [-0.39, 0.29) is 0 Å². The third-order valence-electron chi connectivity index (χ3n) is 4.94. The molecule has 0 aromatic carbocycles. The van der Waals surface area contributed by atoms with Crippen LogP contribution in [0.4, 0.5) is 10.9 Å². The molecule has 0 saturated carbocycles. The van der Waals surface area contributed by atoms with Gasteiger partial charge < -0.3 is 9.80 Å². The van der Waals surface area contributed by atoms with Crippen molar-refractivity contribution >= 4 is 38.2 Å². The van der Waals surface area contributed by atoms with E-state index in [9.17, 15) is 0 Å². The molecule has 1 aliphatic rings. The average molecular weight is 380 g/mol. The summed E-state index contributed by atoms with van der Waals surface area (Å²) in [5.74, 6) is 1.88. The van der Waals surface area contributed by atoms with Gasteiger partial charge >= 0.3 is 0 Å². The van der Waals surface area contributed by atoms with Crippen LogP contribution < -0.4 is 9.80 Å². The third-order valence-corrected chi connectivity index (χ3v) is 6.04. The number of hydrogen-bond donors (Lipinski definition) is 0. The molecular weight excluding hydrogens is 360 g/mol. The van der Waals surface area contributed by atoms with E-state index in [0.717, 1.165) is 67.0 Å². The van der Waals surface area contributed by atoms with Crippen LogP contribution in [-0.4, -0.2) is 55.7 Å². The number of pyridine rings is 1.